The van der Waals surface area contributed by atoms with E-state index in [2.05, 4.69) is 28.0 Å². The number of imidazole rings is 1. The van der Waals surface area contributed by atoms with Gasteiger partial charge in [-0.3, -0.25) is 0 Å². The van der Waals surface area contributed by atoms with E-state index in [4.69, 9.17) is 4.74 Å². The highest BCUT2D eigenvalue weighted by atomic mass is 16.5. The van der Waals surface area contributed by atoms with Crippen LogP contribution >= 0.6 is 0 Å². The second-order valence-corrected chi connectivity index (χ2v) is 5.03. The van der Waals surface area contributed by atoms with Crippen molar-refractivity contribution in [3.05, 3.63) is 11.9 Å². The van der Waals surface area contributed by atoms with E-state index in [9.17, 15) is 0 Å². The fraction of sp³-hybridized carbons (Fsp3) is 0.786. The van der Waals surface area contributed by atoms with Crippen LogP contribution < -0.4 is 5.32 Å². The van der Waals surface area contributed by atoms with Gasteiger partial charge >= 0.3 is 0 Å². The first-order chi connectivity index (χ1) is 8.81. The summed E-state index contributed by atoms with van der Waals surface area (Å²) in [5, 5.41) is 3.39. The molecule has 0 radical (unpaired) electrons. The Labute approximate surface area is 110 Å². The summed E-state index contributed by atoms with van der Waals surface area (Å²) in [5.74, 6) is 1.01. The second-order valence-electron chi connectivity index (χ2n) is 5.03. The highest BCUT2D eigenvalue weighted by Gasteiger charge is 2.18. The summed E-state index contributed by atoms with van der Waals surface area (Å²) in [6.07, 6.45) is 8.84. The van der Waals surface area contributed by atoms with E-state index in [1.165, 1.54) is 32.1 Å². The Morgan fingerprint density at radius 3 is 2.89 bits per heavy atom. The largest absolute Gasteiger partial charge is 0.380 e. The monoisotopic (exact) mass is 251 g/mol. The smallest absolute Gasteiger partial charge is 0.203 e. The van der Waals surface area contributed by atoms with Crippen molar-refractivity contribution in [2.45, 2.75) is 52.0 Å². The maximum Gasteiger partial charge on any atom is 0.203 e. The van der Waals surface area contributed by atoms with Crippen LogP contribution in [0.5, 0.6) is 0 Å². The maximum absolute atomic E-state index is 5.35. The van der Waals surface area contributed by atoms with Gasteiger partial charge in [-0.1, -0.05) is 19.3 Å². The van der Waals surface area contributed by atoms with Gasteiger partial charge in [0.2, 0.25) is 5.95 Å². The molecule has 1 saturated carbocycles. The van der Waals surface area contributed by atoms with Crippen molar-refractivity contribution in [3.8, 4) is 0 Å². The van der Waals surface area contributed by atoms with Gasteiger partial charge in [-0.2, -0.15) is 0 Å². The first-order valence-corrected chi connectivity index (χ1v) is 7.18. The first kappa shape index (κ1) is 13.4. The maximum atomic E-state index is 5.35. The lowest BCUT2D eigenvalue weighted by Gasteiger charge is -2.24. The zero-order valence-corrected chi connectivity index (χ0v) is 11.6. The van der Waals surface area contributed by atoms with Crippen LogP contribution in [0.4, 0.5) is 5.95 Å². The molecule has 0 aromatic carbocycles. The summed E-state index contributed by atoms with van der Waals surface area (Å²) in [6.45, 7) is 6.43. The van der Waals surface area contributed by atoms with Gasteiger partial charge in [-0.15, -0.1) is 0 Å². The van der Waals surface area contributed by atoms with Crippen molar-refractivity contribution in [3.63, 3.8) is 0 Å². The minimum atomic E-state index is 0.634. The molecule has 1 aliphatic rings. The summed E-state index contributed by atoms with van der Waals surface area (Å²) in [5.41, 5.74) is 1.10. The van der Waals surface area contributed by atoms with E-state index in [-0.39, 0.29) is 0 Å². The lowest BCUT2D eigenvalue weighted by Crippen LogP contribution is -2.17. The molecule has 1 aliphatic carbocycles. The van der Waals surface area contributed by atoms with E-state index < -0.39 is 0 Å². The number of hydrogen-bond donors (Lipinski definition) is 1. The SMILES string of the molecule is CCOCCNc1nc(C)cn1C1CCCCC1. The Bertz CT molecular complexity index is 356. The number of anilines is 1. The molecule has 0 unspecified atom stereocenters. The number of nitrogens with one attached hydrogen (secondary N) is 1. The molecular weight excluding hydrogens is 226 g/mol. The Balaban J connectivity index is 1.95. The number of rotatable bonds is 6. The van der Waals surface area contributed by atoms with Crippen LogP contribution in [0, 0.1) is 6.92 Å². The molecule has 18 heavy (non-hydrogen) atoms. The standard InChI is InChI=1S/C14H25N3O/c1-3-18-10-9-15-14-16-12(2)11-17(14)13-7-5-4-6-8-13/h11,13H,3-10H2,1-2H3,(H,15,16). The summed E-state index contributed by atoms with van der Waals surface area (Å²) in [7, 11) is 0. The van der Waals surface area contributed by atoms with Gasteiger partial charge in [-0.05, 0) is 26.7 Å². The highest BCUT2D eigenvalue weighted by Crippen LogP contribution is 2.30. The van der Waals surface area contributed by atoms with Gasteiger partial charge in [0.05, 0.1) is 12.3 Å². The van der Waals surface area contributed by atoms with Crippen LogP contribution in [0.25, 0.3) is 0 Å². The van der Waals surface area contributed by atoms with E-state index in [1.807, 2.05) is 6.92 Å². The van der Waals surface area contributed by atoms with Crippen molar-refractivity contribution in [2.75, 3.05) is 25.1 Å². The normalized spacial score (nSPS) is 17.0. The molecular formula is C14H25N3O. The molecule has 0 spiro atoms. The van der Waals surface area contributed by atoms with E-state index in [1.54, 1.807) is 0 Å². The van der Waals surface area contributed by atoms with Gasteiger partial charge < -0.3 is 14.6 Å². The van der Waals surface area contributed by atoms with Gasteiger partial charge in [0.25, 0.3) is 0 Å². The Morgan fingerprint density at radius 2 is 2.17 bits per heavy atom. The summed E-state index contributed by atoms with van der Waals surface area (Å²) >= 11 is 0. The van der Waals surface area contributed by atoms with Crippen molar-refractivity contribution in [1.82, 2.24) is 9.55 Å². The molecule has 0 amide bonds. The average Bonchev–Trinajstić information content (AvgIpc) is 2.77. The number of hydrogen-bond acceptors (Lipinski definition) is 3. The summed E-state index contributed by atoms with van der Waals surface area (Å²) in [4.78, 5) is 4.58. The predicted molar refractivity (Wildman–Crippen MR) is 74.1 cm³/mol. The zero-order valence-electron chi connectivity index (χ0n) is 11.6. The lowest BCUT2D eigenvalue weighted by atomic mass is 9.95. The molecule has 0 saturated heterocycles. The van der Waals surface area contributed by atoms with Gasteiger partial charge in [-0.25, -0.2) is 4.98 Å². The third kappa shape index (κ3) is 3.48. The number of ether oxygens (including phenoxy) is 1. The minimum Gasteiger partial charge on any atom is -0.380 e. The summed E-state index contributed by atoms with van der Waals surface area (Å²) < 4.78 is 7.68. The molecule has 0 atom stereocenters. The topological polar surface area (TPSA) is 39.1 Å². The van der Waals surface area contributed by atoms with Crippen molar-refractivity contribution in [2.24, 2.45) is 0 Å². The fourth-order valence-electron chi connectivity index (χ4n) is 2.66. The van der Waals surface area contributed by atoms with Crippen molar-refractivity contribution < 1.29 is 4.74 Å². The third-order valence-corrected chi connectivity index (χ3v) is 3.55. The number of aryl methyl sites for hydroxylation is 1. The highest BCUT2D eigenvalue weighted by molar-refractivity contribution is 5.29. The quantitative estimate of drug-likeness (QED) is 0.789. The molecule has 102 valence electrons. The minimum absolute atomic E-state index is 0.634. The molecule has 1 fully saturated rings. The van der Waals surface area contributed by atoms with Crippen LogP contribution in [0.2, 0.25) is 0 Å². The zero-order chi connectivity index (χ0) is 12.8. The molecule has 0 bridgehead atoms. The van der Waals surface area contributed by atoms with Gasteiger partial charge in [0.1, 0.15) is 0 Å². The molecule has 4 nitrogen and oxygen atoms in total. The van der Waals surface area contributed by atoms with Crippen LogP contribution in [0.3, 0.4) is 0 Å². The Kier molecular flexibility index (Phi) is 5.05. The molecule has 0 aliphatic heterocycles. The Hall–Kier alpha value is -1.03. The number of nitrogens with zero attached hydrogens (tertiary/aromatic N) is 2. The predicted octanol–water partition coefficient (Wildman–Crippen LogP) is 3.15. The summed E-state index contributed by atoms with van der Waals surface area (Å²) in [6, 6.07) is 0.634. The average molecular weight is 251 g/mol. The molecule has 1 N–H and O–H groups in total. The fourth-order valence-corrected chi connectivity index (χ4v) is 2.66. The Morgan fingerprint density at radius 1 is 1.39 bits per heavy atom. The van der Waals surface area contributed by atoms with Crippen LogP contribution in [0.15, 0.2) is 6.20 Å². The van der Waals surface area contributed by atoms with Crippen molar-refractivity contribution in [1.29, 1.82) is 0 Å². The van der Waals surface area contributed by atoms with Crippen molar-refractivity contribution >= 4 is 5.95 Å². The first-order valence-electron chi connectivity index (χ1n) is 7.18. The van der Waals surface area contributed by atoms with Crippen LogP contribution in [0.1, 0.15) is 50.8 Å². The second kappa shape index (κ2) is 6.78. The molecule has 4 heteroatoms. The molecule has 1 aromatic heterocycles. The van der Waals surface area contributed by atoms with E-state index >= 15 is 0 Å². The molecule has 1 heterocycles. The van der Waals surface area contributed by atoms with Crippen LogP contribution in [-0.2, 0) is 4.74 Å². The lowest BCUT2D eigenvalue weighted by molar-refractivity contribution is 0.158. The third-order valence-electron chi connectivity index (χ3n) is 3.55. The van der Waals surface area contributed by atoms with E-state index in [0.29, 0.717) is 6.04 Å². The molecule has 2 rings (SSSR count). The number of aromatic nitrogens is 2. The van der Waals surface area contributed by atoms with E-state index in [0.717, 1.165) is 31.4 Å². The van der Waals surface area contributed by atoms with Gasteiger partial charge in [0.15, 0.2) is 0 Å². The molecule has 1 aromatic rings. The van der Waals surface area contributed by atoms with Gasteiger partial charge in [0, 0.05) is 25.4 Å². The van der Waals surface area contributed by atoms with Crippen LogP contribution in [-0.4, -0.2) is 29.3 Å².